The van der Waals surface area contributed by atoms with E-state index in [1.54, 1.807) is 11.8 Å². The molecule has 0 aliphatic rings. The lowest BCUT2D eigenvalue weighted by atomic mass is 10.1. The molecule has 22 heavy (non-hydrogen) atoms. The largest absolute Gasteiger partial charge is 0.349 e. The Hall–Kier alpha value is -1.74. The SMILES string of the molecule is CCc1ccc(C(C)NC(=O)CSc2ccc(C)cc2)cc1. The van der Waals surface area contributed by atoms with E-state index in [4.69, 9.17) is 0 Å². The number of rotatable bonds is 6. The van der Waals surface area contributed by atoms with Crippen molar-refractivity contribution in [3.63, 3.8) is 0 Å². The van der Waals surface area contributed by atoms with Gasteiger partial charge in [-0.3, -0.25) is 4.79 Å². The number of benzene rings is 2. The van der Waals surface area contributed by atoms with Gasteiger partial charge in [-0.1, -0.05) is 48.9 Å². The minimum atomic E-state index is 0.0389. The molecule has 0 aromatic heterocycles. The van der Waals surface area contributed by atoms with Crippen LogP contribution in [0.2, 0.25) is 0 Å². The average Bonchev–Trinajstić information content (AvgIpc) is 2.54. The molecule has 1 unspecified atom stereocenters. The highest BCUT2D eigenvalue weighted by Gasteiger charge is 2.09. The average molecular weight is 313 g/mol. The van der Waals surface area contributed by atoms with Gasteiger partial charge in [0.05, 0.1) is 11.8 Å². The maximum atomic E-state index is 12.1. The molecule has 0 saturated carbocycles. The summed E-state index contributed by atoms with van der Waals surface area (Å²) in [5.41, 5.74) is 3.70. The Kier molecular flexibility index (Phi) is 6.08. The molecule has 0 bridgehead atoms. The molecular weight excluding hydrogens is 290 g/mol. The van der Waals surface area contributed by atoms with Crippen molar-refractivity contribution in [3.05, 3.63) is 65.2 Å². The third kappa shape index (κ3) is 4.92. The lowest BCUT2D eigenvalue weighted by molar-refractivity contribution is -0.119. The fourth-order valence-corrected chi connectivity index (χ4v) is 2.90. The Morgan fingerprint density at radius 2 is 1.73 bits per heavy atom. The summed E-state index contributed by atoms with van der Waals surface area (Å²) in [6, 6.07) is 16.7. The predicted octanol–water partition coefficient (Wildman–Crippen LogP) is 4.53. The number of carbonyl (C=O) groups is 1. The number of hydrogen-bond acceptors (Lipinski definition) is 2. The minimum absolute atomic E-state index is 0.0389. The molecule has 2 aromatic rings. The van der Waals surface area contributed by atoms with Gasteiger partial charge in [0.1, 0.15) is 0 Å². The van der Waals surface area contributed by atoms with Crippen LogP contribution in [0.25, 0.3) is 0 Å². The van der Waals surface area contributed by atoms with Crippen molar-refractivity contribution < 1.29 is 4.79 Å². The molecule has 0 heterocycles. The van der Waals surface area contributed by atoms with E-state index >= 15 is 0 Å². The molecule has 2 rings (SSSR count). The Morgan fingerprint density at radius 1 is 1.09 bits per heavy atom. The zero-order valence-electron chi connectivity index (χ0n) is 13.4. The van der Waals surface area contributed by atoms with Gasteiger partial charge in [0.2, 0.25) is 5.91 Å². The van der Waals surface area contributed by atoms with E-state index in [9.17, 15) is 4.79 Å². The second kappa shape index (κ2) is 8.04. The first-order valence-electron chi connectivity index (χ1n) is 7.66. The number of nitrogens with one attached hydrogen (secondary N) is 1. The molecule has 0 radical (unpaired) electrons. The lowest BCUT2D eigenvalue weighted by Gasteiger charge is -2.14. The lowest BCUT2D eigenvalue weighted by Crippen LogP contribution is -2.28. The zero-order valence-corrected chi connectivity index (χ0v) is 14.2. The van der Waals surface area contributed by atoms with Gasteiger partial charge >= 0.3 is 0 Å². The highest BCUT2D eigenvalue weighted by atomic mass is 32.2. The Balaban J connectivity index is 1.83. The molecule has 0 fully saturated rings. The van der Waals surface area contributed by atoms with Gasteiger partial charge in [0, 0.05) is 4.90 Å². The van der Waals surface area contributed by atoms with Gasteiger partial charge in [0.15, 0.2) is 0 Å². The number of hydrogen-bond donors (Lipinski definition) is 1. The first-order chi connectivity index (χ1) is 10.6. The van der Waals surface area contributed by atoms with Gasteiger partial charge in [0.25, 0.3) is 0 Å². The smallest absolute Gasteiger partial charge is 0.230 e. The minimum Gasteiger partial charge on any atom is -0.349 e. The van der Waals surface area contributed by atoms with Crippen LogP contribution in [0.5, 0.6) is 0 Å². The van der Waals surface area contributed by atoms with Crippen molar-refractivity contribution in [1.29, 1.82) is 0 Å². The monoisotopic (exact) mass is 313 g/mol. The van der Waals surface area contributed by atoms with Crippen molar-refractivity contribution in [2.45, 2.75) is 38.1 Å². The van der Waals surface area contributed by atoms with Crippen LogP contribution in [0.1, 0.15) is 36.6 Å². The van der Waals surface area contributed by atoms with E-state index in [1.165, 1.54) is 11.1 Å². The van der Waals surface area contributed by atoms with Crippen LogP contribution < -0.4 is 5.32 Å². The summed E-state index contributed by atoms with van der Waals surface area (Å²) >= 11 is 1.57. The second-order valence-corrected chi connectivity index (χ2v) is 6.53. The van der Waals surface area contributed by atoms with Crippen molar-refractivity contribution >= 4 is 17.7 Å². The molecule has 1 amide bonds. The highest BCUT2D eigenvalue weighted by Crippen LogP contribution is 2.19. The second-order valence-electron chi connectivity index (χ2n) is 5.49. The van der Waals surface area contributed by atoms with E-state index in [0.29, 0.717) is 5.75 Å². The summed E-state index contributed by atoms with van der Waals surface area (Å²) in [5, 5.41) is 3.06. The first kappa shape index (κ1) is 16.6. The Bertz CT molecular complexity index is 604. The molecule has 3 heteroatoms. The van der Waals surface area contributed by atoms with Gasteiger partial charge in [-0.25, -0.2) is 0 Å². The van der Waals surface area contributed by atoms with Gasteiger partial charge in [-0.2, -0.15) is 0 Å². The number of thioether (sulfide) groups is 1. The summed E-state index contributed by atoms with van der Waals surface area (Å²) in [6.45, 7) is 6.23. The summed E-state index contributed by atoms with van der Waals surface area (Å²) in [4.78, 5) is 13.2. The summed E-state index contributed by atoms with van der Waals surface area (Å²) in [6.07, 6.45) is 1.04. The van der Waals surface area contributed by atoms with E-state index in [2.05, 4.69) is 67.7 Å². The molecule has 2 nitrogen and oxygen atoms in total. The van der Waals surface area contributed by atoms with Gasteiger partial charge < -0.3 is 5.32 Å². The number of aryl methyl sites for hydroxylation is 2. The van der Waals surface area contributed by atoms with E-state index < -0.39 is 0 Å². The molecule has 1 atom stereocenters. The quantitative estimate of drug-likeness (QED) is 0.794. The predicted molar refractivity (Wildman–Crippen MR) is 94.3 cm³/mol. The molecule has 0 aliphatic carbocycles. The van der Waals surface area contributed by atoms with Crippen LogP contribution in [-0.4, -0.2) is 11.7 Å². The molecule has 0 spiro atoms. The van der Waals surface area contributed by atoms with Gasteiger partial charge in [-0.15, -0.1) is 11.8 Å². The summed E-state index contributed by atoms with van der Waals surface area (Å²) < 4.78 is 0. The summed E-state index contributed by atoms with van der Waals surface area (Å²) in [7, 11) is 0. The van der Waals surface area contributed by atoms with E-state index in [-0.39, 0.29) is 11.9 Å². The fourth-order valence-electron chi connectivity index (χ4n) is 2.19. The molecule has 1 N–H and O–H groups in total. The van der Waals surface area contributed by atoms with Gasteiger partial charge in [-0.05, 0) is 43.5 Å². The number of amides is 1. The van der Waals surface area contributed by atoms with E-state index in [1.807, 2.05) is 6.92 Å². The normalized spacial score (nSPS) is 12.0. The topological polar surface area (TPSA) is 29.1 Å². The van der Waals surface area contributed by atoms with Crippen molar-refractivity contribution in [2.24, 2.45) is 0 Å². The van der Waals surface area contributed by atoms with Crippen LogP contribution in [0.4, 0.5) is 0 Å². The van der Waals surface area contributed by atoms with Crippen molar-refractivity contribution in [1.82, 2.24) is 5.32 Å². The van der Waals surface area contributed by atoms with Crippen LogP contribution in [0.3, 0.4) is 0 Å². The standard InChI is InChI=1S/C19H23NOS/c1-4-16-7-9-17(10-8-16)15(3)20-19(21)13-22-18-11-5-14(2)6-12-18/h5-12,15H,4,13H2,1-3H3,(H,20,21). The van der Waals surface area contributed by atoms with Crippen LogP contribution in [0.15, 0.2) is 53.4 Å². The van der Waals surface area contributed by atoms with E-state index in [0.717, 1.165) is 16.9 Å². The molecule has 116 valence electrons. The Labute approximate surface area is 137 Å². The zero-order chi connectivity index (χ0) is 15.9. The molecular formula is C19H23NOS. The van der Waals surface area contributed by atoms with Crippen molar-refractivity contribution in [2.75, 3.05) is 5.75 Å². The maximum absolute atomic E-state index is 12.1. The first-order valence-corrected chi connectivity index (χ1v) is 8.64. The van der Waals surface area contributed by atoms with Crippen molar-refractivity contribution in [3.8, 4) is 0 Å². The van der Waals surface area contributed by atoms with Crippen LogP contribution in [-0.2, 0) is 11.2 Å². The van der Waals surface area contributed by atoms with Crippen LogP contribution >= 0.6 is 11.8 Å². The van der Waals surface area contributed by atoms with Crippen LogP contribution in [0, 0.1) is 6.92 Å². The third-order valence-electron chi connectivity index (χ3n) is 3.66. The fraction of sp³-hybridized carbons (Fsp3) is 0.316. The molecule has 0 aliphatic heterocycles. The third-order valence-corrected chi connectivity index (χ3v) is 4.67. The Morgan fingerprint density at radius 3 is 2.32 bits per heavy atom. The summed E-state index contributed by atoms with van der Waals surface area (Å²) in [5.74, 6) is 0.512. The maximum Gasteiger partial charge on any atom is 0.230 e. The highest BCUT2D eigenvalue weighted by molar-refractivity contribution is 8.00. The number of carbonyl (C=O) groups excluding carboxylic acids is 1. The molecule has 0 saturated heterocycles. The molecule has 2 aromatic carbocycles.